The fraction of sp³-hybridized carbons (Fsp3) is 0.250. The van der Waals surface area contributed by atoms with Gasteiger partial charge in [0.15, 0.2) is 0 Å². The third-order valence-corrected chi connectivity index (χ3v) is 4.36. The highest BCUT2D eigenvalue weighted by Gasteiger charge is 2.35. The van der Waals surface area contributed by atoms with Crippen LogP contribution in [0.2, 0.25) is 0 Å². The lowest BCUT2D eigenvalue weighted by Gasteiger charge is -2.16. The molecular weight excluding hydrogens is 330 g/mol. The molecule has 134 valence electrons. The number of nitrogens with zero attached hydrogens (tertiary/aromatic N) is 2. The molecule has 3 rings (SSSR count). The standard InChI is InChI=1S/C20H21N3O3/c1-14-7-9-17(10-8-14)23-13-16(11-19(23)24)20(25)22-21-12-15-5-3-4-6-18(15)26-2/h3-10,12,16H,11,13H2,1-2H3,(H,22,25)/b21-12-/t16-/m1/s1. The molecule has 2 amide bonds. The van der Waals surface area contributed by atoms with Crippen LogP contribution in [0.15, 0.2) is 53.6 Å². The van der Waals surface area contributed by atoms with Gasteiger partial charge in [0.05, 0.1) is 19.2 Å². The maximum atomic E-state index is 12.3. The maximum Gasteiger partial charge on any atom is 0.245 e. The summed E-state index contributed by atoms with van der Waals surface area (Å²) in [7, 11) is 1.58. The molecule has 1 aliphatic rings. The van der Waals surface area contributed by atoms with E-state index in [4.69, 9.17) is 4.74 Å². The number of hydrazone groups is 1. The monoisotopic (exact) mass is 351 g/mol. The summed E-state index contributed by atoms with van der Waals surface area (Å²) in [6.07, 6.45) is 1.72. The van der Waals surface area contributed by atoms with Crippen molar-refractivity contribution in [1.29, 1.82) is 0 Å². The number of carbonyl (C=O) groups excluding carboxylic acids is 2. The van der Waals surface area contributed by atoms with Gasteiger partial charge in [0.25, 0.3) is 0 Å². The number of ether oxygens (including phenoxy) is 1. The fourth-order valence-corrected chi connectivity index (χ4v) is 2.89. The van der Waals surface area contributed by atoms with Crippen LogP contribution < -0.4 is 15.1 Å². The van der Waals surface area contributed by atoms with E-state index in [1.807, 2.05) is 55.5 Å². The summed E-state index contributed by atoms with van der Waals surface area (Å²) < 4.78 is 5.23. The molecule has 0 radical (unpaired) electrons. The summed E-state index contributed by atoms with van der Waals surface area (Å²) in [5, 5.41) is 3.99. The summed E-state index contributed by atoms with van der Waals surface area (Å²) in [6, 6.07) is 15.1. The minimum atomic E-state index is -0.418. The first-order valence-electron chi connectivity index (χ1n) is 8.41. The Balaban J connectivity index is 1.61. The van der Waals surface area contributed by atoms with Crippen LogP contribution in [0.1, 0.15) is 17.5 Å². The molecule has 0 spiro atoms. The number of para-hydroxylation sites is 1. The minimum absolute atomic E-state index is 0.0530. The number of aryl methyl sites for hydroxylation is 1. The van der Waals surface area contributed by atoms with Gasteiger partial charge in [-0.1, -0.05) is 29.8 Å². The van der Waals surface area contributed by atoms with E-state index in [1.165, 1.54) is 6.21 Å². The number of hydrogen-bond acceptors (Lipinski definition) is 4. The van der Waals surface area contributed by atoms with Crippen molar-refractivity contribution in [3.05, 3.63) is 59.7 Å². The molecule has 0 aliphatic carbocycles. The number of rotatable bonds is 5. The highest BCUT2D eigenvalue weighted by atomic mass is 16.5. The number of benzene rings is 2. The quantitative estimate of drug-likeness (QED) is 0.665. The summed E-state index contributed by atoms with van der Waals surface area (Å²) in [4.78, 5) is 26.2. The molecule has 6 nitrogen and oxygen atoms in total. The first-order chi connectivity index (χ1) is 12.6. The van der Waals surface area contributed by atoms with Crippen LogP contribution in [-0.2, 0) is 9.59 Å². The lowest BCUT2D eigenvalue weighted by Crippen LogP contribution is -2.30. The van der Waals surface area contributed by atoms with Crippen LogP contribution in [0.3, 0.4) is 0 Å². The van der Waals surface area contributed by atoms with Crippen molar-refractivity contribution in [2.45, 2.75) is 13.3 Å². The SMILES string of the molecule is COc1ccccc1/C=N\NC(=O)[C@@H]1CC(=O)N(c2ccc(C)cc2)C1. The zero-order valence-electron chi connectivity index (χ0n) is 14.8. The molecule has 2 aromatic rings. The van der Waals surface area contributed by atoms with E-state index < -0.39 is 5.92 Å². The molecule has 1 heterocycles. The summed E-state index contributed by atoms with van der Waals surface area (Å²) in [5.41, 5.74) is 5.22. The van der Waals surface area contributed by atoms with E-state index in [-0.39, 0.29) is 18.2 Å². The molecule has 1 saturated heterocycles. The normalized spacial score (nSPS) is 16.9. The molecule has 0 unspecified atom stereocenters. The molecule has 2 aromatic carbocycles. The van der Waals surface area contributed by atoms with Gasteiger partial charge < -0.3 is 9.64 Å². The lowest BCUT2D eigenvalue weighted by atomic mass is 10.1. The van der Waals surface area contributed by atoms with Gasteiger partial charge in [-0.25, -0.2) is 5.43 Å². The number of nitrogens with one attached hydrogen (secondary N) is 1. The van der Waals surface area contributed by atoms with Crippen molar-refractivity contribution in [2.24, 2.45) is 11.0 Å². The maximum absolute atomic E-state index is 12.3. The number of hydrogen-bond donors (Lipinski definition) is 1. The average Bonchev–Trinajstić information content (AvgIpc) is 3.04. The Kier molecular flexibility index (Phi) is 5.31. The third-order valence-electron chi connectivity index (χ3n) is 4.36. The smallest absolute Gasteiger partial charge is 0.245 e. The van der Waals surface area contributed by atoms with Crippen LogP contribution in [0.5, 0.6) is 5.75 Å². The first kappa shape index (κ1) is 17.7. The van der Waals surface area contributed by atoms with E-state index in [9.17, 15) is 9.59 Å². The number of carbonyl (C=O) groups is 2. The predicted octanol–water partition coefficient (Wildman–Crippen LogP) is 2.51. The largest absolute Gasteiger partial charge is 0.496 e. The number of methoxy groups -OCH3 is 1. The highest BCUT2D eigenvalue weighted by Crippen LogP contribution is 2.25. The molecule has 0 bridgehead atoms. The second-order valence-electron chi connectivity index (χ2n) is 6.22. The Bertz CT molecular complexity index is 830. The molecule has 1 N–H and O–H groups in total. The molecule has 1 atom stereocenters. The molecule has 1 aliphatic heterocycles. The topological polar surface area (TPSA) is 71.0 Å². The second-order valence-corrected chi connectivity index (χ2v) is 6.22. The highest BCUT2D eigenvalue weighted by molar-refractivity contribution is 6.00. The summed E-state index contributed by atoms with van der Waals surface area (Å²) >= 11 is 0. The van der Waals surface area contributed by atoms with E-state index >= 15 is 0 Å². The van der Waals surface area contributed by atoms with Gasteiger partial charge >= 0.3 is 0 Å². The Morgan fingerprint density at radius 3 is 2.69 bits per heavy atom. The van der Waals surface area contributed by atoms with Crippen LogP contribution in [0.4, 0.5) is 5.69 Å². The fourth-order valence-electron chi connectivity index (χ4n) is 2.89. The van der Waals surface area contributed by atoms with Crippen LogP contribution >= 0.6 is 0 Å². The van der Waals surface area contributed by atoms with Gasteiger partial charge in [0.1, 0.15) is 5.75 Å². The molecule has 26 heavy (non-hydrogen) atoms. The summed E-state index contributed by atoms with van der Waals surface area (Å²) in [5.74, 6) is -0.0625. The second kappa shape index (κ2) is 7.82. The van der Waals surface area contributed by atoms with E-state index in [2.05, 4.69) is 10.5 Å². The van der Waals surface area contributed by atoms with E-state index in [1.54, 1.807) is 12.0 Å². The van der Waals surface area contributed by atoms with Gasteiger partial charge in [-0.15, -0.1) is 0 Å². The van der Waals surface area contributed by atoms with Gasteiger partial charge in [0, 0.05) is 24.2 Å². The van der Waals surface area contributed by atoms with E-state index in [0.29, 0.717) is 12.3 Å². The lowest BCUT2D eigenvalue weighted by molar-refractivity contribution is -0.126. The predicted molar refractivity (Wildman–Crippen MR) is 100 cm³/mol. The zero-order chi connectivity index (χ0) is 18.5. The van der Waals surface area contributed by atoms with Crippen molar-refractivity contribution in [3.63, 3.8) is 0 Å². The Morgan fingerprint density at radius 2 is 1.96 bits per heavy atom. The van der Waals surface area contributed by atoms with Gasteiger partial charge in [0.2, 0.25) is 11.8 Å². The zero-order valence-corrected chi connectivity index (χ0v) is 14.8. The van der Waals surface area contributed by atoms with Gasteiger partial charge in [-0.3, -0.25) is 9.59 Å². The third kappa shape index (κ3) is 3.91. The van der Waals surface area contributed by atoms with E-state index in [0.717, 1.165) is 16.8 Å². The van der Waals surface area contributed by atoms with Crippen LogP contribution in [0.25, 0.3) is 0 Å². The average molecular weight is 351 g/mol. The number of anilines is 1. The minimum Gasteiger partial charge on any atom is -0.496 e. The Hall–Kier alpha value is -3.15. The molecule has 1 fully saturated rings. The van der Waals surface area contributed by atoms with Gasteiger partial charge in [-0.2, -0.15) is 5.10 Å². The first-order valence-corrected chi connectivity index (χ1v) is 8.41. The number of amides is 2. The summed E-state index contributed by atoms with van der Waals surface area (Å²) in [6.45, 7) is 2.35. The van der Waals surface area contributed by atoms with Crippen molar-refractivity contribution in [3.8, 4) is 5.75 Å². The Labute approximate surface area is 152 Å². The molecule has 6 heteroatoms. The van der Waals surface area contributed by atoms with Crippen molar-refractivity contribution >= 4 is 23.7 Å². The molecule has 0 saturated carbocycles. The van der Waals surface area contributed by atoms with Crippen LogP contribution in [-0.4, -0.2) is 31.7 Å². The Morgan fingerprint density at radius 1 is 1.23 bits per heavy atom. The van der Waals surface area contributed by atoms with Gasteiger partial charge in [-0.05, 0) is 31.2 Å². The van der Waals surface area contributed by atoms with Crippen molar-refractivity contribution < 1.29 is 14.3 Å². The van der Waals surface area contributed by atoms with Crippen molar-refractivity contribution in [1.82, 2.24) is 5.43 Å². The molecular formula is C20H21N3O3. The van der Waals surface area contributed by atoms with Crippen molar-refractivity contribution in [2.75, 3.05) is 18.6 Å². The van der Waals surface area contributed by atoms with Crippen LogP contribution in [0, 0.1) is 12.8 Å². The molecule has 0 aromatic heterocycles.